The Labute approximate surface area is 77.8 Å². The quantitative estimate of drug-likeness (QED) is 0.488. The number of ether oxygens (including phenoxy) is 1. The number of hydrogen-bond acceptors (Lipinski definition) is 2. The smallest absolute Gasteiger partial charge is 0.333 e. The number of rotatable bonds is 2. The molecule has 0 aromatic rings. The van der Waals surface area contributed by atoms with E-state index in [0.717, 1.165) is 19.3 Å². The molecule has 0 saturated heterocycles. The van der Waals surface area contributed by atoms with Gasteiger partial charge in [-0.1, -0.05) is 19.4 Å². The van der Waals surface area contributed by atoms with Gasteiger partial charge in [-0.2, -0.15) is 0 Å². The third-order valence-electron chi connectivity index (χ3n) is 2.58. The van der Waals surface area contributed by atoms with Crippen molar-refractivity contribution in [1.29, 1.82) is 0 Å². The molecule has 2 atom stereocenters. The summed E-state index contributed by atoms with van der Waals surface area (Å²) in [5.41, 5.74) is 0.287. The van der Waals surface area contributed by atoms with E-state index in [1.807, 2.05) is 0 Å². The largest absolute Gasteiger partial charge is 0.466 e. The lowest BCUT2D eigenvalue weighted by Gasteiger charge is -2.26. The number of carbonyl (C=O) groups excluding carboxylic acids is 1. The van der Waals surface area contributed by atoms with Crippen LogP contribution in [0.3, 0.4) is 0 Å². The van der Waals surface area contributed by atoms with Crippen molar-refractivity contribution in [2.24, 2.45) is 5.92 Å². The Morgan fingerprint density at radius 3 is 2.62 bits per heavy atom. The second-order valence-electron chi connectivity index (χ2n) is 3.42. The summed E-state index contributed by atoms with van der Waals surface area (Å²) < 4.78 is 17.8. The van der Waals surface area contributed by atoms with Gasteiger partial charge in [-0.3, -0.25) is 0 Å². The number of hydrogen-bond donors (Lipinski definition) is 0. The first-order valence-corrected chi connectivity index (χ1v) is 4.58. The van der Waals surface area contributed by atoms with Crippen LogP contribution in [-0.2, 0) is 9.53 Å². The van der Waals surface area contributed by atoms with Gasteiger partial charge in [0.2, 0.25) is 0 Å². The SMILES string of the molecule is C=C(C(=O)OC)C1CCCCC1F. The predicted octanol–water partition coefficient (Wildman–Crippen LogP) is 2.24. The molecule has 2 nitrogen and oxygen atoms in total. The van der Waals surface area contributed by atoms with Crippen molar-refractivity contribution in [3.05, 3.63) is 12.2 Å². The van der Waals surface area contributed by atoms with Gasteiger partial charge in [0.05, 0.1) is 7.11 Å². The third kappa shape index (κ3) is 2.29. The first-order valence-electron chi connectivity index (χ1n) is 4.58. The van der Waals surface area contributed by atoms with Gasteiger partial charge >= 0.3 is 5.97 Å². The van der Waals surface area contributed by atoms with E-state index in [-0.39, 0.29) is 11.5 Å². The van der Waals surface area contributed by atoms with Crippen LogP contribution in [0.2, 0.25) is 0 Å². The molecule has 0 bridgehead atoms. The molecule has 1 rings (SSSR count). The second-order valence-corrected chi connectivity index (χ2v) is 3.42. The molecule has 2 unspecified atom stereocenters. The monoisotopic (exact) mass is 186 g/mol. The lowest BCUT2D eigenvalue weighted by Crippen LogP contribution is -2.26. The minimum Gasteiger partial charge on any atom is -0.466 e. The zero-order chi connectivity index (χ0) is 9.84. The van der Waals surface area contributed by atoms with Gasteiger partial charge in [0, 0.05) is 11.5 Å². The Morgan fingerprint density at radius 1 is 1.46 bits per heavy atom. The molecule has 1 fully saturated rings. The summed E-state index contributed by atoms with van der Waals surface area (Å²) in [7, 11) is 1.30. The summed E-state index contributed by atoms with van der Waals surface area (Å²) in [5.74, 6) is -0.796. The van der Waals surface area contributed by atoms with Crippen molar-refractivity contribution in [3.63, 3.8) is 0 Å². The topological polar surface area (TPSA) is 26.3 Å². The Balaban J connectivity index is 2.58. The maximum atomic E-state index is 13.3. The molecule has 0 amide bonds. The highest BCUT2D eigenvalue weighted by molar-refractivity contribution is 5.88. The summed E-state index contributed by atoms with van der Waals surface area (Å²) in [6, 6.07) is 0. The van der Waals surface area contributed by atoms with E-state index in [4.69, 9.17) is 0 Å². The molecule has 74 valence electrons. The normalized spacial score (nSPS) is 28.2. The minimum absolute atomic E-state index is 0.287. The Bertz CT molecular complexity index is 213. The highest BCUT2D eigenvalue weighted by Gasteiger charge is 2.30. The van der Waals surface area contributed by atoms with Crippen LogP contribution in [0.25, 0.3) is 0 Å². The fourth-order valence-corrected chi connectivity index (χ4v) is 1.76. The predicted molar refractivity (Wildman–Crippen MR) is 48.0 cm³/mol. The van der Waals surface area contributed by atoms with E-state index in [2.05, 4.69) is 11.3 Å². The lowest BCUT2D eigenvalue weighted by molar-refractivity contribution is -0.137. The fraction of sp³-hybridized carbons (Fsp3) is 0.700. The van der Waals surface area contributed by atoms with Gasteiger partial charge in [-0.05, 0) is 12.8 Å². The fourth-order valence-electron chi connectivity index (χ4n) is 1.76. The number of esters is 1. The van der Waals surface area contributed by atoms with Crippen LogP contribution in [0.15, 0.2) is 12.2 Å². The van der Waals surface area contributed by atoms with Gasteiger partial charge in [-0.25, -0.2) is 9.18 Å². The van der Waals surface area contributed by atoms with Gasteiger partial charge in [-0.15, -0.1) is 0 Å². The number of methoxy groups -OCH3 is 1. The summed E-state index contributed by atoms with van der Waals surface area (Å²) in [6.45, 7) is 3.58. The van der Waals surface area contributed by atoms with E-state index < -0.39 is 12.1 Å². The summed E-state index contributed by atoms with van der Waals surface area (Å²) in [6.07, 6.45) is 2.23. The Morgan fingerprint density at radius 2 is 2.08 bits per heavy atom. The molecule has 0 spiro atoms. The standard InChI is InChI=1S/C10H15FO2/c1-7(10(12)13-2)8-5-3-4-6-9(8)11/h8-9H,1,3-6H2,2H3. The maximum Gasteiger partial charge on any atom is 0.333 e. The van der Waals surface area contributed by atoms with Crippen LogP contribution in [-0.4, -0.2) is 19.3 Å². The van der Waals surface area contributed by atoms with Crippen molar-refractivity contribution < 1.29 is 13.9 Å². The molecule has 1 aliphatic rings. The minimum atomic E-state index is -0.916. The molecule has 0 N–H and O–H groups in total. The van der Waals surface area contributed by atoms with Crippen LogP contribution in [0, 0.1) is 5.92 Å². The second kappa shape index (κ2) is 4.40. The van der Waals surface area contributed by atoms with Gasteiger partial charge in [0.15, 0.2) is 0 Å². The molecule has 0 aliphatic heterocycles. The van der Waals surface area contributed by atoms with Crippen molar-refractivity contribution in [2.45, 2.75) is 31.9 Å². The maximum absolute atomic E-state index is 13.3. The Hall–Kier alpha value is -0.860. The summed E-state index contributed by atoms with van der Waals surface area (Å²) in [5, 5.41) is 0. The number of alkyl halides is 1. The van der Waals surface area contributed by atoms with Crippen LogP contribution in [0.5, 0.6) is 0 Å². The zero-order valence-electron chi connectivity index (χ0n) is 7.88. The number of carbonyl (C=O) groups is 1. The van der Waals surface area contributed by atoms with Crippen LogP contribution < -0.4 is 0 Å². The van der Waals surface area contributed by atoms with Crippen LogP contribution >= 0.6 is 0 Å². The molecular formula is C10H15FO2. The average Bonchev–Trinajstić information content (AvgIpc) is 2.16. The number of halogens is 1. The molecule has 0 aromatic heterocycles. The van der Waals surface area contributed by atoms with Crippen molar-refractivity contribution in [2.75, 3.05) is 7.11 Å². The molecule has 3 heteroatoms. The lowest BCUT2D eigenvalue weighted by atomic mass is 9.83. The van der Waals surface area contributed by atoms with Crippen LogP contribution in [0.4, 0.5) is 4.39 Å². The van der Waals surface area contributed by atoms with Gasteiger partial charge < -0.3 is 4.74 Å². The van der Waals surface area contributed by atoms with Crippen molar-refractivity contribution in [1.82, 2.24) is 0 Å². The Kier molecular flexibility index (Phi) is 3.46. The van der Waals surface area contributed by atoms with E-state index >= 15 is 0 Å². The van der Waals surface area contributed by atoms with E-state index in [9.17, 15) is 9.18 Å². The first kappa shape index (κ1) is 10.2. The molecule has 0 aromatic carbocycles. The molecule has 0 heterocycles. The van der Waals surface area contributed by atoms with Gasteiger partial charge in [0.25, 0.3) is 0 Å². The molecule has 13 heavy (non-hydrogen) atoms. The van der Waals surface area contributed by atoms with Crippen LogP contribution in [0.1, 0.15) is 25.7 Å². The summed E-state index contributed by atoms with van der Waals surface area (Å²) >= 11 is 0. The first-order chi connectivity index (χ1) is 6.16. The highest BCUT2D eigenvalue weighted by atomic mass is 19.1. The third-order valence-corrected chi connectivity index (χ3v) is 2.58. The van der Waals surface area contributed by atoms with E-state index in [1.165, 1.54) is 7.11 Å². The van der Waals surface area contributed by atoms with Gasteiger partial charge in [0.1, 0.15) is 6.17 Å². The molecule has 1 saturated carbocycles. The molecule has 0 radical (unpaired) electrons. The zero-order valence-corrected chi connectivity index (χ0v) is 7.88. The average molecular weight is 186 g/mol. The van der Waals surface area contributed by atoms with E-state index in [0.29, 0.717) is 6.42 Å². The van der Waals surface area contributed by atoms with Crippen molar-refractivity contribution in [3.8, 4) is 0 Å². The van der Waals surface area contributed by atoms with E-state index in [1.54, 1.807) is 0 Å². The van der Waals surface area contributed by atoms with Crippen molar-refractivity contribution >= 4 is 5.97 Å². The molecule has 1 aliphatic carbocycles. The highest BCUT2D eigenvalue weighted by Crippen LogP contribution is 2.31. The molecular weight excluding hydrogens is 171 g/mol. The summed E-state index contributed by atoms with van der Waals surface area (Å²) in [4.78, 5) is 11.1.